The number of aromatic nitrogens is 2. The normalized spacial score (nSPS) is 12.4. The molecular weight excluding hydrogens is 240 g/mol. The molecule has 1 unspecified atom stereocenters. The summed E-state index contributed by atoms with van der Waals surface area (Å²) in [6, 6.07) is 8.07. The third-order valence-electron chi connectivity index (χ3n) is 2.99. The van der Waals surface area contributed by atoms with Crippen molar-refractivity contribution in [1.82, 2.24) is 15.2 Å². The summed E-state index contributed by atoms with van der Waals surface area (Å²) in [5, 5.41) is 4.16. The van der Waals surface area contributed by atoms with Gasteiger partial charge in [-0.05, 0) is 36.6 Å². The molecule has 3 N–H and O–H groups in total. The van der Waals surface area contributed by atoms with Crippen LogP contribution < -0.4 is 16.0 Å². The molecule has 0 aliphatic rings. The summed E-state index contributed by atoms with van der Waals surface area (Å²) in [4.78, 5) is 0. The lowest BCUT2D eigenvalue weighted by Gasteiger charge is -2.16. The second-order valence-corrected chi connectivity index (χ2v) is 4.45. The zero-order chi connectivity index (χ0) is 13.7. The average molecular weight is 260 g/mol. The SMILES string of the molecule is CCOc1ccc(C(Cc2cnn(C)c2)NN)cc1. The van der Waals surface area contributed by atoms with E-state index in [-0.39, 0.29) is 6.04 Å². The number of rotatable bonds is 6. The van der Waals surface area contributed by atoms with Gasteiger partial charge in [-0.25, -0.2) is 0 Å². The predicted molar refractivity (Wildman–Crippen MR) is 74.6 cm³/mol. The van der Waals surface area contributed by atoms with E-state index in [1.807, 2.05) is 50.6 Å². The molecule has 0 radical (unpaired) electrons. The van der Waals surface area contributed by atoms with Crippen LogP contribution in [0, 0.1) is 0 Å². The van der Waals surface area contributed by atoms with Gasteiger partial charge < -0.3 is 4.74 Å². The number of nitrogens with zero attached hydrogens (tertiary/aromatic N) is 2. The fourth-order valence-electron chi connectivity index (χ4n) is 2.05. The van der Waals surface area contributed by atoms with Gasteiger partial charge in [-0.3, -0.25) is 16.0 Å². The van der Waals surface area contributed by atoms with Crippen LogP contribution in [0.5, 0.6) is 5.75 Å². The lowest BCUT2D eigenvalue weighted by Crippen LogP contribution is -2.29. The summed E-state index contributed by atoms with van der Waals surface area (Å²) < 4.78 is 7.22. The fourth-order valence-corrected chi connectivity index (χ4v) is 2.05. The minimum Gasteiger partial charge on any atom is -0.494 e. The van der Waals surface area contributed by atoms with Gasteiger partial charge in [-0.15, -0.1) is 0 Å². The Kier molecular flexibility index (Phi) is 4.54. The Labute approximate surface area is 113 Å². The topological polar surface area (TPSA) is 65.1 Å². The molecule has 1 atom stereocenters. The van der Waals surface area contributed by atoms with E-state index in [0.717, 1.165) is 23.3 Å². The summed E-state index contributed by atoms with van der Waals surface area (Å²) in [5.41, 5.74) is 5.14. The van der Waals surface area contributed by atoms with Crippen LogP contribution in [-0.2, 0) is 13.5 Å². The highest BCUT2D eigenvalue weighted by atomic mass is 16.5. The highest BCUT2D eigenvalue weighted by molar-refractivity contribution is 5.30. The smallest absolute Gasteiger partial charge is 0.119 e. The van der Waals surface area contributed by atoms with Gasteiger partial charge in [0, 0.05) is 13.2 Å². The maximum absolute atomic E-state index is 5.65. The second kappa shape index (κ2) is 6.36. The zero-order valence-electron chi connectivity index (χ0n) is 11.3. The maximum Gasteiger partial charge on any atom is 0.119 e. The molecule has 2 aromatic rings. The van der Waals surface area contributed by atoms with Crippen molar-refractivity contribution in [2.45, 2.75) is 19.4 Å². The Morgan fingerprint density at radius 1 is 1.37 bits per heavy atom. The number of hydrogen-bond acceptors (Lipinski definition) is 4. The third kappa shape index (κ3) is 3.56. The van der Waals surface area contributed by atoms with E-state index in [1.165, 1.54) is 0 Å². The zero-order valence-corrected chi connectivity index (χ0v) is 11.3. The van der Waals surface area contributed by atoms with Crippen molar-refractivity contribution in [2.75, 3.05) is 6.61 Å². The molecule has 0 fully saturated rings. The molecule has 2 rings (SSSR count). The van der Waals surface area contributed by atoms with Crippen LogP contribution in [0.3, 0.4) is 0 Å². The van der Waals surface area contributed by atoms with Gasteiger partial charge in [0.2, 0.25) is 0 Å². The lowest BCUT2D eigenvalue weighted by molar-refractivity contribution is 0.340. The first-order valence-electron chi connectivity index (χ1n) is 6.39. The standard InChI is InChI=1S/C14H20N4O/c1-3-19-13-6-4-12(5-7-13)14(17-15)8-11-9-16-18(2)10-11/h4-7,9-10,14,17H,3,8,15H2,1-2H3. The molecule has 0 saturated heterocycles. The molecular formula is C14H20N4O. The number of benzene rings is 1. The van der Waals surface area contributed by atoms with Gasteiger partial charge in [0.15, 0.2) is 0 Å². The van der Waals surface area contributed by atoms with Crippen molar-refractivity contribution in [2.24, 2.45) is 12.9 Å². The Morgan fingerprint density at radius 3 is 2.63 bits per heavy atom. The lowest BCUT2D eigenvalue weighted by atomic mass is 10.0. The molecule has 0 aliphatic carbocycles. The molecule has 5 heteroatoms. The number of hydrazine groups is 1. The largest absolute Gasteiger partial charge is 0.494 e. The first-order chi connectivity index (χ1) is 9.22. The number of hydrogen-bond donors (Lipinski definition) is 2. The summed E-state index contributed by atoms with van der Waals surface area (Å²) in [6.45, 7) is 2.65. The maximum atomic E-state index is 5.65. The van der Waals surface area contributed by atoms with Crippen LogP contribution in [0.1, 0.15) is 24.1 Å². The van der Waals surface area contributed by atoms with Crippen LogP contribution >= 0.6 is 0 Å². The van der Waals surface area contributed by atoms with Gasteiger partial charge in [0.05, 0.1) is 18.8 Å². The van der Waals surface area contributed by atoms with Crippen molar-refractivity contribution >= 4 is 0 Å². The van der Waals surface area contributed by atoms with Gasteiger partial charge in [-0.1, -0.05) is 12.1 Å². The fraction of sp³-hybridized carbons (Fsp3) is 0.357. The molecule has 102 valence electrons. The molecule has 0 bridgehead atoms. The Bertz CT molecular complexity index is 506. The molecule has 0 aliphatic heterocycles. The van der Waals surface area contributed by atoms with Crippen LogP contribution in [0.15, 0.2) is 36.7 Å². The summed E-state index contributed by atoms with van der Waals surface area (Å²) in [6.07, 6.45) is 4.66. The Morgan fingerprint density at radius 2 is 2.11 bits per heavy atom. The molecule has 1 aromatic carbocycles. The van der Waals surface area contributed by atoms with E-state index in [4.69, 9.17) is 10.6 Å². The van der Waals surface area contributed by atoms with Gasteiger partial charge in [0.25, 0.3) is 0 Å². The molecule has 1 aromatic heterocycles. The number of nitrogens with two attached hydrogens (primary N) is 1. The van der Waals surface area contributed by atoms with Gasteiger partial charge in [0.1, 0.15) is 5.75 Å². The quantitative estimate of drug-likeness (QED) is 0.611. The summed E-state index contributed by atoms with van der Waals surface area (Å²) in [7, 11) is 1.91. The minimum absolute atomic E-state index is 0.0693. The number of nitrogens with one attached hydrogen (secondary N) is 1. The van der Waals surface area contributed by atoms with Crippen LogP contribution in [0.25, 0.3) is 0 Å². The van der Waals surface area contributed by atoms with Crippen molar-refractivity contribution in [3.63, 3.8) is 0 Å². The van der Waals surface area contributed by atoms with E-state index >= 15 is 0 Å². The van der Waals surface area contributed by atoms with E-state index < -0.39 is 0 Å². The van der Waals surface area contributed by atoms with Crippen molar-refractivity contribution in [3.8, 4) is 5.75 Å². The Balaban J connectivity index is 2.08. The van der Waals surface area contributed by atoms with E-state index in [1.54, 1.807) is 4.68 Å². The van der Waals surface area contributed by atoms with Crippen molar-refractivity contribution in [1.29, 1.82) is 0 Å². The van der Waals surface area contributed by atoms with Crippen LogP contribution in [0.4, 0.5) is 0 Å². The average Bonchev–Trinajstić information content (AvgIpc) is 2.83. The third-order valence-corrected chi connectivity index (χ3v) is 2.99. The first kappa shape index (κ1) is 13.6. The molecule has 0 saturated carbocycles. The van der Waals surface area contributed by atoms with E-state index in [9.17, 15) is 0 Å². The molecule has 19 heavy (non-hydrogen) atoms. The molecule has 1 heterocycles. The summed E-state index contributed by atoms with van der Waals surface area (Å²) in [5.74, 6) is 6.53. The van der Waals surface area contributed by atoms with E-state index in [0.29, 0.717) is 6.61 Å². The highest BCUT2D eigenvalue weighted by Crippen LogP contribution is 2.20. The predicted octanol–water partition coefficient (Wildman–Crippen LogP) is 1.57. The van der Waals surface area contributed by atoms with Crippen LogP contribution in [0.2, 0.25) is 0 Å². The molecule has 0 amide bonds. The molecule has 5 nitrogen and oxygen atoms in total. The molecule has 0 spiro atoms. The Hall–Kier alpha value is -1.85. The van der Waals surface area contributed by atoms with Crippen molar-refractivity contribution in [3.05, 3.63) is 47.8 Å². The van der Waals surface area contributed by atoms with Crippen molar-refractivity contribution < 1.29 is 4.74 Å². The van der Waals surface area contributed by atoms with Crippen LogP contribution in [-0.4, -0.2) is 16.4 Å². The first-order valence-corrected chi connectivity index (χ1v) is 6.39. The number of ether oxygens (including phenoxy) is 1. The monoisotopic (exact) mass is 260 g/mol. The van der Waals surface area contributed by atoms with Gasteiger partial charge >= 0.3 is 0 Å². The van der Waals surface area contributed by atoms with E-state index in [2.05, 4.69) is 10.5 Å². The minimum atomic E-state index is 0.0693. The second-order valence-electron chi connectivity index (χ2n) is 4.45. The summed E-state index contributed by atoms with van der Waals surface area (Å²) >= 11 is 0. The van der Waals surface area contributed by atoms with Gasteiger partial charge in [-0.2, -0.15) is 5.10 Å². The highest BCUT2D eigenvalue weighted by Gasteiger charge is 2.11. The number of aryl methyl sites for hydroxylation is 1.